The molecule has 1 aliphatic heterocycles. The quantitative estimate of drug-likeness (QED) is 0.737. The topological polar surface area (TPSA) is 65.4 Å². The minimum Gasteiger partial charge on any atom is -0.493 e. The summed E-state index contributed by atoms with van der Waals surface area (Å²) < 4.78 is 12.5. The SMILES string of the molecule is COc1ccc(-c2csc3ncn([C@H]4CCNC4)c(=O)c23)cc1OC.Cl. The van der Waals surface area contributed by atoms with E-state index in [0.717, 1.165) is 35.5 Å². The normalized spacial score (nSPS) is 16.5. The molecule has 1 atom stereocenters. The predicted molar refractivity (Wildman–Crippen MR) is 106 cm³/mol. The first-order chi connectivity index (χ1) is 12.2. The number of nitrogens with one attached hydrogen (secondary N) is 1. The third kappa shape index (κ3) is 3.06. The van der Waals surface area contributed by atoms with Crippen LogP contribution in [0.4, 0.5) is 0 Å². The number of aromatic nitrogens is 2. The van der Waals surface area contributed by atoms with Gasteiger partial charge in [0.15, 0.2) is 11.5 Å². The van der Waals surface area contributed by atoms with Gasteiger partial charge in [-0.1, -0.05) is 6.07 Å². The zero-order valence-electron chi connectivity index (χ0n) is 14.5. The molecule has 1 N–H and O–H groups in total. The fraction of sp³-hybridized carbons (Fsp3) is 0.333. The Morgan fingerprint density at radius 2 is 2.08 bits per heavy atom. The van der Waals surface area contributed by atoms with Gasteiger partial charge in [-0.05, 0) is 30.7 Å². The molecular formula is C18H20ClN3O3S. The van der Waals surface area contributed by atoms with Gasteiger partial charge in [-0.15, -0.1) is 23.7 Å². The van der Waals surface area contributed by atoms with E-state index < -0.39 is 0 Å². The number of methoxy groups -OCH3 is 2. The number of halogens is 1. The van der Waals surface area contributed by atoms with Crippen molar-refractivity contribution < 1.29 is 9.47 Å². The van der Waals surface area contributed by atoms with Gasteiger partial charge in [0, 0.05) is 17.5 Å². The fourth-order valence-corrected chi connectivity index (χ4v) is 4.21. The van der Waals surface area contributed by atoms with Crippen LogP contribution in [0.2, 0.25) is 0 Å². The van der Waals surface area contributed by atoms with Gasteiger partial charge < -0.3 is 14.8 Å². The van der Waals surface area contributed by atoms with Crippen LogP contribution in [0.1, 0.15) is 12.5 Å². The van der Waals surface area contributed by atoms with E-state index in [9.17, 15) is 4.79 Å². The van der Waals surface area contributed by atoms with Crippen molar-refractivity contribution in [2.45, 2.75) is 12.5 Å². The highest BCUT2D eigenvalue weighted by atomic mass is 35.5. The van der Waals surface area contributed by atoms with E-state index in [1.165, 1.54) is 11.3 Å². The maximum absolute atomic E-state index is 13.1. The first-order valence-corrected chi connectivity index (χ1v) is 9.02. The number of hydrogen-bond donors (Lipinski definition) is 1. The molecule has 26 heavy (non-hydrogen) atoms. The molecule has 6 nitrogen and oxygen atoms in total. The van der Waals surface area contributed by atoms with E-state index in [0.29, 0.717) is 16.9 Å². The Bertz CT molecular complexity index is 979. The first-order valence-electron chi connectivity index (χ1n) is 8.14. The summed E-state index contributed by atoms with van der Waals surface area (Å²) in [6.07, 6.45) is 2.63. The zero-order valence-corrected chi connectivity index (χ0v) is 16.2. The molecule has 1 fully saturated rings. The van der Waals surface area contributed by atoms with Crippen molar-refractivity contribution in [3.05, 3.63) is 40.3 Å². The van der Waals surface area contributed by atoms with Gasteiger partial charge in [-0.2, -0.15) is 0 Å². The first kappa shape index (κ1) is 18.7. The molecule has 3 heterocycles. The number of ether oxygens (including phenoxy) is 2. The monoisotopic (exact) mass is 393 g/mol. The van der Waals surface area contributed by atoms with Crippen LogP contribution in [0.25, 0.3) is 21.3 Å². The molecule has 0 spiro atoms. The summed E-state index contributed by atoms with van der Waals surface area (Å²) in [7, 11) is 3.21. The molecule has 4 rings (SSSR count). The second-order valence-corrected chi connectivity index (χ2v) is 6.86. The summed E-state index contributed by atoms with van der Waals surface area (Å²) in [4.78, 5) is 18.4. The Labute approximate surface area is 161 Å². The highest BCUT2D eigenvalue weighted by Crippen LogP contribution is 2.36. The van der Waals surface area contributed by atoms with Gasteiger partial charge in [-0.25, -0.2) is 4.98 Å². The van der Waals surface area contributed by atoms with Crippen LogP contribution < -0.4 is 20.3 Å². The van der Waals surface area contributed by atoms with Crippen LogP contribution >= 0.6 is 23.7 Å². The summed E-state index contributed by atoms with van der Waals surface area (Å²) in [6, 6.07) is 5.86. The molecule has 138 valence electrons. The number of fused-ring (bicyclic) bond motifs is 1. The fourth-order valence-electron chi connectivity index (χ4n) is 3.30. The molecule has 1 aliphatic rings. The van der Waals surface area contributed by atoms with E-state index in [4.69, 9.17) is 9.47 Å². The molecule has 0 amide bonds. The van der Waals surface area contributed by atoms with Crippen molar-refractivity contribution in [3.8, 4) is 22.6 Å². The molecule has 0 unspecified atom stereocenters. The minimum absolute atomic E-state index is 0. The van der Waals surface area contributed by atoms with Gasteiger partial charge in [0.1, 0.15) is 4.83 Å². The molecule has 8 heteroatoms. The summed E-state index contributed by atoms with van der Waals surface area (Å²) in [5.74, 6) is 1.31. The van der Waals surface area contributed by atoms with Gasteiger partial charge in [0.05, 0.1) is 32.0 Å². The van der Waals surface area contributed by atoms with E-state index in [2.05, 4.69) is 10.3 Å². The number of benzene rings is 1. The van der Waals surface area contributed by atoms with Crippen molar-refractivity contribution in [1.29, 1.82) is 0 Å². The molecular weight excluding hydrogens is 374 g/mol. The smallest absolute Gasteiger partial charge is 0.263 e. The molecule has 0 aliphatic carbocycles. The molecule has 0 bridgehead atoms. The molecule has 0 saturated carbocycles. The Hall–Kier alpha value is -2.09. The van der Waals surface area contributed by atoms with Crippen molar-refractivity contribution in [1.82, 2.24) is 14.9 Å². The number of rotatable bonds is 4. The Kier molecular flexibility index (Phi) is 5.50. The third-order valence-corrected chi connectivity index (χ3v) is 5.53. The third-order valence-electron chi connectivity index (χ3n) is 4.64. The van der Waals surface area contributed by atoms with Crippen molar-refractivity contribution >= 4 is 34.0 Å². The second-order valence-electron chi connectivity index (χ2n) is 6.00. The van der Waals surface area contributed by atoms with Crippen LogP contribution in [-0.4, -0.2) is 36.9 Å². The largest absolute Gasteiger partial charge is 0.493 e. The lowest BCUT2D eigenvalue weighted by Crippen LogP contribution is -2.26. The van der Waals surface area contributed by atoms with Crippen LogP contribution in [0.15, 0.2) is 34.7 Å². The standard InChI is InChI=1S/C18H19N3O3S.ClH/c1-23-14-4-3-11(7-15(14)24-2)13-9-25-17-16(13)18(22)21(10-20-17)12-5-6-19-8-12;/h3-4,7,9-10,12,19H,5-6,8H2,1-2H3;1H/t12-;/m0./s1. The van der Waals surface area contributed by atoms with E-state index >= 15 is 0 Å². The van der Waals surface area contributed by atoms with Crippen molar-refractivity contribution in [2.75, 3.05) is 27.3 Å². The Morgan fingerprint density at radius 1 is 1.27 bits per heavy atom. The predicted octanol–water partition coefficient (Wildman–Crippen LogP) is 3.10. The summed E-state index contributed by atoms with van der Waals surface area (Å²) >= 11 is 1.49. The van der Waals surface area contributed by atoms with Gasteiger partial charge >= 0.3 is 0 Å². The van der Waals surface area contributed by atoms with Crippen LogP contribution in [0.5, 0.6) is 11.5 Å². The summed E-state index contributed by atoms with van der Waals surface area (Å²) in [5.41, 5.74) is 1.83. The number of nitrogens with zero attached hydrogens (tertiary/aromatic N) is 2. The van der Waals surface area contributed by atoms with Crippen molar-refractivity contribution in [3.63, 3.8) is 0 Å². The van der Waals surface area contributed by atoms with E-state index in [1.807, 2.05) is 23.6 Å². The van der Waals surface area contributed by atoms with Crippen molar-refractivity contribution in [2.24, 2.45) is 0 Å². The maximum Gasteiger partial charge on any atom is 0.263 e. The van der Waals surface area contributed by atoms with Gasteiger partial charge in [0.25, 0.3) is 5.56 Å². The number of thiophene rings is 1. The highest BCUT2D eigenvalue weighted by Gasteiger charge is 2.21. The van der Waals surface area contributed by atoms with E-state index in [-0.39, 0.29) is 24.0 Å². The lowest BCUT2D eigenvalue weighted by molar-refractivity contribution is 0.355. The molecule has 0 radical (unpaired) electrons. The Balaban J connectivity index is 0.00000196. The average Bonchev–Trinajstić information content (AvgIpc) is 3.31. The maximum atomic E-state index is 13.1. The highest BCUT2D eigenvalue weighted by molar-refractivity contribution is 7.17. The lowest BCUT2D eigenvalue weighted by Gasteiger charge is -2.12. The molecule has 1 saturated heterocycles. The summed E-state index contributed by atoms with van der Waals surface area (Å²) in [6.45, 7) is 1.74. The Morgan fingerprint density at radius 3 is 2.77 bits per heavy atom. The molecule has 2 aromatic heterocycles. The van der Waals surface area contributed by atoms with Gasteiger partial charge in [-0.3, -0.25) is 9.36 Å². The van der Waals surface area contributed by atoms with Crippen LogP contribution in [0, 0.1) is 0 Å². The number of hydrogen-bond acceptors (Lipinski definition) is 6. The second kappa shape index (κ2) is 7.65. The van der Waals surface area contributed by atoms with Crippen LogP contribution in [0.3, 0.4) is 0 Å². The van der Waals surface area contributed by atoms with Crippen LogP contribution in [-0.2, 0) is 0 Å². The van der Waals surface area contributed by atoms with Gasteiger partial charge in [0.2, 0.25) is 0 Å². The molecule has 1 aromatic carbocycles. The molecule has 3 aromatic rings. The summed E-state index contributed by atoms with van der Waals surface area (Å²) in [5, 5.41) is 5.96. The van der Waals surface area contributed by atoms with E-state index in [1.54, 1.807) is 25.1 Å². The lowest BCUT2D eigenvalue weighted by atomic mass is 10.1. The minimum atomic E-state index is 0. The average molecular weight is 394 g/mol. The zero-order chi connectivity index (χ0) is 17.4.